The average Bonchev–Trinajstić information content (AvgIpc) is 2.68. The topological polar surface area (TPSA) is 60.9 Å². The van der Waals surface area contributed by atoms with Crippen molar-refractivity contribution in [1.29, 1.82) is 0 Å². The summed E-state index contributed by atoms with van der Waals surface area (Å²) < 4.78 is 0. The summed E-state index contributed by atoms with van der Waals surface area (Å²) in [4.78, 5) is 28.7. The molecule has 0 saturated carbocycles. The first kappa shape index (κ1) is 18.5. The van der Waals surface area contributed by atoms with Crippen LogP contribution in [0.25, 0.3) is 0 Å². The molecule has 0 unspecified atom stereocenters. The highest BCUT2D eigenvalue weighted by atomic mass is 16.4. The number of carboxylic acids is 1. The Morgan fingerprint density at radius 3 is 2.38 bits per heavy atom. The number of carbonyl (C=O) groups excluding carboxylic acids is 1. The van der Waals surface area contributed by atoms with E-state index in [0.717, 1.165) is 18.8 Å². The lowest BCUT2D eigenvalue weighted by molar-refractivity contribution is -0.151. The van der Waals surface area contributed by atoms with Crippen LogP contribution >= 0.6 is 0 Å². The largest absolute Gasteiger partial charge is 0.481 e. The summed E-state index contributed by atoms with van der Waals surface area (Å²) in [5.41, 5.74) is 0.889. The van der Waals surface area contributed by atoms with Gasteiger partial charge in [-0.15, -0.1) is 6.58 Å². The predicted octanol–water partition coefficient (Wildman–Crippen LogP) is 3.56. The molecule has 0 bridgehead atoms. The molecular weight excluding hydrogens is 328 g/mol. The van der Waals surface area contributed by atoms with Gasteiger partial charge >= 0.3 is 5.97 Å². The number of anilines is 1. The lowest BCUT2D eigenvalue weighted by Gasteiger charge is -2.39. The normalized spacial score (nSPS) is 23.5. The molecule has 1 atom stereocenters. The molecule has 2 aliphatic heterocycles. The molecule has 2 heterocycles. The Labute approximate surface area is 155 Å². The second-order valence-corrected chi connectivity index (χ2v) is 7.50. The highest BCUT2D eigenvalue weighted by Crippen LogP contribution is 2.35. The van der Waals surface area contributed by atoms with E-state index in [0.29, 0.717) is 31.4 Å². The predicted molar refractivity (Wildman–Crippen MR) is 103 cm³/mol. The van der Waals surface area contributed by atoms with Gasteiger partial charge in [-0.05, 0) is 62.8 Å². The second kappa shape index (κ2) is 7.94. The first-order valence-corrected chi connectivity index (χ1v) is 9.54. The van der Waals surface area contributed by atoms with Gasteiger partial charge in [-0.3, -0.25) is 9.59 Å². The van der Waals surface area contributed by atoms with Crippen LogP contribution in [0.3, 0.4) is 0 Å². The van der Waals surface area contributed by atoms with Crippen molar-refractivity contribution in [2.24, 2.45) is 5.41 Å². The lowest BCUT2D eigenvalue weighted by atomic mass is 9.77. The van der Waals surface area contributed by atoms with Crippen molar-refractivity contribution in [3.05, 3.63) is 42.5 Å². The van der Waals surface area contributed by atoms with E-state index in [1.54, 1.807) is 11.0 Å². The van der Waals surface area contributed by atoms with E-state index in [9.17, 15) is 14.7 Å². The fourth-order valence-electron chi connectivity index (χ4n) is 4.16. The Morgan fingerprint density at radius 2 is 1.77 bits per heavy atom. The van der Waals surface area contributed by atoms with E-state index >= 15 is 0 Å². The number of nitrogens with zero attached hydrogens (tertiary/aromatic N) is 2. The molecular formula is C21H28N2O3. The Hall–Kier alpha value is -2.30. The van der Waals surface area contributed by atoms with Crippen LogP contribution in [0, 0.1) is 5.41 Å². The van der Waals surface area contributed by atoms with Crippen LogP contribution in [0.1, 0.15) is 48.9 Å². The molecule has 3 rings (SSSR count). The molecule has 1 aromatic carbocycles. The highest BCUT2D eigenvalue weighted by Gasteiger charge is 2.42. The van der Waals surface area contributed by atoms with Gasteiger partial charge < -0.3 is 14.9 Å². The maximum absolute atomic E-state index is 12.9. The van der Waals surface area contributed by atoms with E-state index in [2.05, 4.69) is 11.5 Å². The maximum Gasteiger partial charge on any atom is 0.311 e. The van der Waals surface area contributed by atoms with Crippen LogP contribution in [-0.4, -0.2) is 48.1 Å². The maximum atomic E-state index is 12.9. The second-order valence-electron chi connectivity index (χ2n) is 7.50. The summed E-state index contributed by atoms with van der Waals surface area (Å²) in [7, 11) is 0. The zero-order chi connectivity index (χ0) is 18.6. The van der Waals surface area contributed by atoms with Crippen LogP contribution in [0.4, 0.5) is 5.69 Å². The smallest absolute Gasteiger partial charge is 0.311 e. The van der Waals surface area contributed by atoms with Crippen molar-refractivity contribution in [2.75, 3.05) is 31.1 Å². The van der Waals surface area contributed by atoms with Crippen molar-refractivity contribution < 1.29 is 14.7 Å². The summed E-state index contributed by atoms with van der Waals surface area (Å²) in [5, 5.41) is 9.68. The number of carbonyl (C=O) groups is 2. The van der Waals surface area contributed by atoms with E-state index in [4.69, 9.17) is 0 Å². The monoisotopic (exact) mass is 356 g/mol. The fourth-order valence-corrected chi connectivity index (χ4v) is 4.16. The van der Waals surface area contributed by atoms with Gasteiger partial charge in [0.1, 0.15) is 0 Å². The Balaban J connectivity index is 1.71. The number of rotatable bonds is 5. The molecule has 26 heavy (non-hydrogen) atoms. The average molecular weight is 356 g/mol. The number of allylic oxidation sites excluding steroid dienone is 1. The van der Waals surface area contributed by atoms with Gasteiger partial charge in [-0.25, -0.2) is 0 Å². The van der Waals surface area contributed by atoms with Crippen LogP contribution in [0.2, 0.25) is 0 Å². The first-order chi connectivity index (χ1) is 12.6. The van der Waals surface area contributed by atoms with Crippen molar-refractivity contribution in [1.82, 2.24) is 4.90 Å². The van der Waals surface area contributed by atoms with Crippen LogP contribution < -0.4 is 4.90 Å². The van der Waals surface area contributed by atoms with E-state index in [-0.39, 0.29) is 12.5 Å². The molecule has 1 amide bonds. The number of likely N-dealkylation sites (tertiary alicyclic amines) is 1. The SMILES string of the molecule is C=CC[C@@]1(C(=O)O)CCCN(C(=O)c2ccc(N3CCCCC3)cc2)C1. The van der Waals surface area contributed by atoms with E-state index < -0.39 is 11.4 Å². The molecule has 1 aromatic rings. The molecule has 5 nitrogen and oxygen atoms in total. The molecule has 2 saturated heterocycles. The molecule has 1 N–H and O–H groups in total. The zero-order valence-corrected chi connectivity index (χ0v) is 15.3. The lowest BCUT2D eigenvalue weighted by Crippen LogP contribution is -2.49. The molecule has 5 heteroatoms. The molecule has 0 aromatic heterocycles. The van der Waals surface area contributed by atoms with Crippen LogP contribution in [-0.2, 0) is 4.79 Å². The molecule has 2 fully saturated rings. The van der Waals surface area contributed by atoms with Gasteiger partial charge in [0.15, 0.2) is 0 Å². The summed E-state index contributed by atoms with van der Waals surface area (Å²) in [5.74, 6) is -0.917. The van der Waals surface area contributed by atoms with Crippen molar-refractivity contribution in [2.45, 2.75) is 38.5 Å². The van der Waals surface area contributed by atoms with Crippen LogP contribution in [0.5, 0.6) is 0 Å². The standard InChI is InChI=1S/C21H28N2O3/c1-2-11-21(20(25)26)12-6-15-23(16-21)19(24)17-7-9-18(10-8-17)22-13-4-3-5-14-22/h2,7-10H,1,3-6,11-16H2,(H,25,26)/t21-/m1/s1. The van der Waals surface area contributed by atoms with Gasteiger partial charge in [0.05, 0.1) is 5.41 Å². The number of piperidine rings is 2. The van der Waals surface area contributed by atoms with E-state index in [1.165, 1.54) is 19.3 Å². The molecule has 2 aliphatic rings. The van der Waals surface area contributed by atoms with Gasteiger partial charge in [-0.1, -0.05) is 6.08 Å². The quantitative estimate of drug-likeness (QED) is 0.820. The minimum Gasteiger partial charge on any atom is -0.481 e. The highest BCUT2D eigenvalue weighted by molar-refractivity contribution is 5.95. The Bertz CT molecular complexity index is 664. The summed E-state index contributed by atoms with van der Waals surface area (Å²) in [6, 6.07) is 7.76. The number of benzene rings is 1. The molecule has 140 valence electrons. The van der Waals surface area contributed by atoms with Gasteiger partial charge in [0, 0.05) is 37.4 Å². The van der Waals surface area contributed by atoms with Gasteiger partial charge in [-0.2, -0.15) is 0 Å². The number of amides is 1. The zero-order valence-electron chi connectivity index (χ0n) is 15.3. The molecule has 0 spiro atoms. The Kier molecular flexibility index (Phi) is 5.64. The molecule has 0 aliphatic carbocycles. The van der Waals surface area contributed by atoms with Crippen molar-refractivity contribution >= 4 is 17.6 Å². The van der Waals surface area contributed by atoms with Crippen molar-refractivity contribution in [3.8, 4) is 0 Å². The number of carboxylic acid groups (broad SMARTS) is 1. The Morgan fingerprint density at radius 1 is 1.08 bits per heavy atom. The minimum atomic E-state index is -0.899. The third-order valence-electron chi connectivity index (χ3n) is 5.69. The third-order valence-corrected chi connectivity index (χ3v) is 5.69. The number of hydrogen-bond acceptors (Lipinski definition) is 3. The van der Waals surface area contributed by atoms with E-state index in [1.807, 2.05) is 24.3 Å². The first-order valence-electron chi connectivity index (χ1n) is 9.54. The minimum absolute atomic E-state index is 0.0791. The summed E-state index contributed by atoms with van der Waals surface area (Å²) in [6.07, 6.45) is 7.06. The fraction of sp³-hybridized carbons (Fsp3) is 0.524. The van der Waals surface area contributed by atoms with Gasteiger partial charge in [0.2, 0.25) is 0 Å². The van der Waals surface area contributed by atoms with Gasteiger partial charge in [0.25, 0.3) is 5.91 Å². The third kappa shape index (κ3) is 3.76. The molecule has 0 radical (unpaired) electrons. The van der Waals surface area contributed by atoms with Crippen LogP contribution in [0.15, 0.2) is 36.9 Å². The summed E-state index contributed by atoms with van der Waals surface area (Å²) >= 11 is 0. The number of hydrogen-bond donors (Lipinski definition) is 1. The summed E-state index contributed by atoms with van der Waals surface area (Å²) in [6.45, 7) is 6.70. The number of aliphatic carboxylic acids is 1. The van der Waals surface area contributed by atoms with Crippen molar-refractivity contribution in [3.63, 3.8) is 0 Å².